The van der Waals surface area contributed by atoms with Crippen LogP contribution in [0, 0.1) is 24.2 Å². The van der Waals surface area contributed by atoms with Crippen LogP contribution in [0.4, 0.5) is 0 Å². The normalized spacial score (nSPS) is 17.4. The first kappa shape index (κ1) is 40.9. The number of aldehydes is 1. The SMILES string of the molecule is CNC(=O)[C@H](Cc1ccc(C)cc1)NC(=O)/C(C)=C/[C@@H](CO)NC(=O)[C@@H](C)[C@@H](O)C[C@H](C)C[C@H](OC[C@](C)(C=O)NC)C(C)(C)C. The third-order valence-electron chi connectivity index (χ3n) is 8.39. The molecule has 0 spiro atoms. The Hall–Kier alpha value is -3.12. The Morgan fingerprint density at radius 1 is 0.978 bits per heavy atom. The van der Waals surface area contributed by atoms with E-state index in [1.807, 2.05) is 38.1 Å². The number of carbonyl (C=O) groups excluding carboxylic acids is 4. The summed E-state index contributed by atoms with van der Waals surface area (Å²) in [6.07, 6.45) is 2.36. The van der Waals surface area contributed by atoms with Gasteiger partial charge in [-0.15, -0.1) is 0 Å². The van der Waals surface area contributed by atoms with Crippen molar-refractivity contribution in [1.29, 1.82) is 0 Å². The Morgan fingerprint density at radius 3 is 2.09 bits per heavy atom. The van der Waals surface area contributed by atoms with E-state index >= 15 is 0 Å². The molecule has 6 N–H and O–H groups in total. The summed E-state index contributed by atoms with van der Waals surface area (Å²) in [7, 11) is 3.21. The molecule has 0 fully saturated rings. The number of ether oxygens (including phenoxy) is 1. The topological polar surface area (TPSA) is 166 Å². The van der Waals surface area contributed by atoms with Crippen LogP contribution in [0.25, 0.3) is 0 Å². The molecule has 11 nitrogen and oxygen atoms in total. The lowest BCUT2D eigenvalue weighted by Gasteiger charge is -2.36. The highest BCUT2D eigenvalue weighted by Gasteiger charge is 2.33. The largest absolute Gasteiger partial charge is 0.394 e. The van der Waals surface area contributed by atoms with Crippen molar-refractivity contribution in [3.8, 4) is 0 Å². The minimum Gasteiger partial charge on any atom is -0.394 e. The summed E-state index contributed by atoms with van der Waals surface area (Å²) in [5, 5.41) is 31.9. The molecule has 0 unspecified atom stereocenters. The molecule has 0 aliphatic carbocycles. The number of hydrogen-bond donors (Lipinski definition) is 6. The Bertz CT molecular complexity index is 1160. The average Bonchev–Trinajstić information content (AvgIpc) is 3.01. The Labute approximate surface area is 275 Å². The van der Waals surface area contributed by atoms with E-state index in [1.54, 1.807) is 27.8 Å². The van der Waals surface area contributed by atoms with E-state index in [1.165, 1.54) is 13.1 Å². The molecular formula is C35H58N4O7. The van der Waals surface area contributed by atoms with Gasteiger partial charge in [-0.3, -0.25) is 14.4 Å². The van der Waals surface area contributed by atoms with Gasteiger partial charge in [-0.25, -0.2) is 0 Å². The molecule has 46 heavy (non-hydrogen) atoms. The van der Waals surface area contributed by atoms with Gasteiger partial charge in [0.15, 0.2) is 0 Å². The number of aliphatic hydroxyl groups is 2. The predicted molar refractivity (Wildman–Crippen MR) is 180 cm³/mol. The second kappa shape index (κ2) is 18.9. The third kappa shape index (κ3) is 13.7. The van der Waals surface area contributed by atoms with Crippen LogP contribution in [0.3, 0.4) is 0 Å². The van der Waals surface area contributed by atoms with Gasteiger partial charge < -0.3 is 41.0 Å². The predicted octanol–water partition coefficient (Wildman–Crippen LogP) is 2.21. The van der Waals surface area contributed by atoms with Crippen LogP contribution >= 0.6 is 0 Å². The zero-order valence-electron chi connectivity index (χ0n) is 29.4. The van der Waals surface area contributed by atoms with Crippen LogP contribution in [-0.2, 0) is 30.3 Å². The van der Waals surface area contributed by atoms with Gasteiger partial charge in [0.25, 0.3) is 0 Å². The van der Waals surface area contributed by atoms with Gasteiger partial charge in [-0.2, -0.15) is 0 Å². The zero-order valence-corrected chi connectivity index (χ0v) is 29.4. The summed E-state index contributed by atoms with van der Waals surface area (Å²) in [4.78, 5) is 50.0. The van der Waals surface area contributed by atoms with E-state index in [0.29, 0.717) is 19.3 Å². The van der Waals surface area contributed by atoms with E-state index < -0.39 is 48.1 Å². The first-order valence-corrected chi connectivity index (χ1v) is 16.0. The fourth-order valence-electron chi connectivity index (χ4n) is 4.81. The molecule has 3 amide bonds. The van der Waals surface area contributed by atoms with E-state index in [9.17, 15) is 29.4 Å². The minimum absolute atomic E-state index is 0.000742. The fraction of sp³-hybridized carbons (Fsp3) is 0.657. The number of aliphatic hydroxyl groups excluding tert-OH is 2. The van der Waals surface area contributed by atoms with Gasteiger partial charge in [0, 0.05) is 19.0 Å². The van der Waals surface area contributed by atoms with Crippen molar-refractivity contribution in [2.24, 2.45) is 17.3 Å². The quantitative estimate of drug-likeness (QED) is 0.0984. The van der Waals surface area contributed by atoms with E-state index in [-0.39, 0.29) is 35.5 Å². The van der Waals surface area contributed by atoms with Crippen molar-refractivity contribution in [1.82, 2.24) is 21.3 Å². The van der Waals surface area contributed by atoms with E-state index in [2.05, 4.69) is 42.0 Å². The van der Waals surface area contributed by atoms with Crippen molar-refractivity contribution in [3.63, 3.8) is 0 Å². The molecule has 1 rings (SSSR count). The number of hydrogen-bond acceptors (Lipinski definition) is 8. The highest BCUT2D eigenvalue weighted by Crippen LogP contribution is 2.30. The van der Waals surface area contributed by atoms with Gasteiger partial charge in [0.1, 0.15) is 12.3 Å². The number of carbonyl (C=O) groups is 4. The second-order valence-corrected chi connectivity index (χ2v) is 13.9. The second-order valence-electron chi connectivity index (χ2n) is 13.9. The van der Waals surface area contributed by atoms with Gasteiger partial charge in [0.2, 0.25) is 17.7 Å². The Kier molecular flexibility index (Phi) is 16.8. The molecule has 0 radical (unpaired) electrons. The van der Waals surface area contributed by atoms with E-state index in [0.717, 1.165) is 17.4 Å². The van der Waals surface area contributed by atoms with Crippen molar-refractivity contribution < 1.29 is 34.1 Å². The van der Waals surface area contributed by atoms with Gasteiger partial charge in [-0.1, -0.05) is 70.5 Å². The lowest BCUT2D eigenvalue weighted by molar-refractivity contribution is -0.129. The Balaban J connectivity index is 2.83. The van der Waals surface area contributed by atoms with Crippen LogP contribution in [0.1, 0.15) is 72.4 Å². The van der Waals surface area contributed by atoms with Crippen LogP contribution < -0.4 is 21.3 Å². The number of likely N-dealkylation sites (N-methyl/N-ethyl adjacent to an activating group) is 2. The standard InChI is InChI=1S/C35H58N4O7/c1-22-11-13-26(14-12-22)18-28(33(45)36-9)39-31(43)24(3)17-27(19-40)38-32(44)25(4)29(42)15-23(2)16-30(34(5,6)7)46-21-35(8,20-41)37-10/h11-14,17,20,23,25,27-30,37,40,42H,15-16,18-19,21H2,1-10H3,(H,36,45)(H,38,44)(H,39,43)/b24-17+/t23-,25-,27-,28-,29-,30-,35-/m0/s1. The summed E-state index contributed by atoms with van der Waals surface area (Å²) >= 11 is 0. The minimum atomic E-state index is -0.962. The summed E-state index contributed by atoms with van der Waals surface area (Å²) in [6, 6.07) is 5.98. The lowest BCUT2D eigenvalue weighted by Crippen LogP contribution is -2.48. The molecule has 0 saturated heterocycles. The molecule has 0 aliphatic heterocycles. The monoisotopic (exact) mass is 646 g/mol. The summed E-state index contributed by atoms with van der Waals surface area (Å²) < 4.78 is 6.17. The van der Waals surface area contributed by atoms with E-state index in [4.69, 9.17) is 4.74 Å². The van der Waals surface area contributed by atoms with Crippen LogP contribution in [0.15, 0.2) is 35.9 Å². The zero-order chi connectivity index (χ0) is 35.2. The average molecular weight is 647 g/mol. The smallest absolute Gasteiger partial charge is 0.247 e. The molecule has 260 valence electrons. The van der Waals surface area contributed by atoms with Crippen LogP contribution in [0.5, 0.6) is 0 Å². The summed E-state index contributed by atoms with van der Waals surface area (Å²) in [5.74, 6) is -2.11. The van der Waals surface area contributed by atoms with Crippen molar-refractivity contribution in [3.05, 3.63) is 47.0 Å². The van der Waals surface area contributed by atoms with Gasteiger partial charge in [-0.05, 0) is 57.6 Å². The molecule has 0 aliphatic rings. The first-order chi connectivity index (χ1) is 21.4. The molecule has 0 heterocycles. The molecule has 0 bridgehead atoms. The summed E-state index contributed by atoms with van der Waals surface area (Å²) in [6.45, 7) is 14.8. The van der Waals surface area contributed by atoms with Crippen LogP contribution in [-0.4, -0.2) is 91.4 Å². The van der Waals surface area contributed by atoms with Crippen LogP contribution in [0.2, 0.25) is 0 Å². The number of rotatable bonds is 19. The third-order valence-corrected chi connectivity index (χ3v) is 8.39. The maximum absolute atomic E-state index is 13.1. The highest BCUT2D eigenvalue weighted by molar-refractivity contribution is 5.96. The van der Waals surface area contributed by atoms with Gasteiger partial charge in [0.05, 0.1) is 42.9 Å². The lowest BCUT2D eigenvalue weighted by atomic mass is 9.81. The van der Waals surface area contributed by atoms with Crippen molar-refractivity contribution in [2.45, 2.75) is 104 Å². The number of benzene rings is 1. The highest BCUT2D eigenvalue weighted by atomic mass is 16.5. The molecule has 0 saturated carbocycles. The van der Waals surface area contributed by atoms with Crippen molar-refractivity contribution in [2.75, 3.05) is 27.3 Å². The molecule has 0 aromatic heterocycles. The molecule has 7 atom stereocenters. The molecule has 1 aromatic rings. The van der Waals surface area contributed by atoms with Gasteiger partial charge >= 0.3 is 0 Å². The molecule has 1 aromatic carbocycles. The molecule has 11 heteroatoms. The number of nitrogens with one attached hydrogen (secondary N) is 4. The maximum Gasteiger partial charge on any atom is 0.247 e. The number of amides is 3. The molecular weight excluding hydrogens is 588 g/mol. The maximum atomic E-state index is 13.1. The number of aryl methyl sites for hydroxylation is 1. The first-order valence-electron chi connectivity index (χ1n) is 16.0. The Morgan fingerprint density at radius 2 is 1.59 bits per heavy atom. The van der Waals surface area contributed by atoms with Crippen molar-refractivity contribution >= 4 is 24.0 Å². The fourth-order valence-corrected chi connectivity index (χ4v) is 4.81. The summed E-state index contributed by atoms with van der Waals surface area (Å²) in [5.41, 5.74) is 1.17.